The Kier molecular flexibility index (Phi) is 6.67. The van der Waals surface area contributed by atoms with Crippen LogP contribution in [0.25, 0.3) is 0 Å². The van der Waals surface area contributed by atoms with E-state index in [1.165, 1.54) is 21.6 Å². The third kappa shape index (κ3) is 5.35. The Balaban J connectivity index is 1.39. The van der Waals surface area contributed by atoms with Gasteiger partial charge in [0.05, 0.1) is 6.54 Å². The number of hydrogen-bond acceptors (Lipinski definition) is 4. The standard InChI is InChI=1S/C23H20Cl2FN5O2/c1-14-9-17(10-15(2)21(14)25)33-13-30-8-7-20(28-30)23(32)27-22-18(24)12-31(29-22)11-16-5-3-4-6-19(16)26/h3-10,12H,11,13H2,1-2H3,(H,27,29,32). The molecule has 0 aliphatic carbocycles. The zero-order valence-corrected chi connectivity index (χ0v) is 19.4. The van der Waals surface area contributed by atoms with Crippen molar-refractivity contribution < 1.29 is 13.9 Å². The first-order chi connectivity index (χ1) is 15.8. The third-order valence-corrected chi connectivity index (χ3v) is 5.76. The number of hydrogen-bond donors (Lipinski definition) is 1. The van der Waals surface area contributed by atoms with Gasteiger partial charge in [-0.2, -0.15) is 10.2 Å². The van der Waals surface area contributed by atoms with E-state index in [0.29, 0.717) is 16.3 Å². The highest BCUT2D eigenvalue weighted by atomic mass is 35.5. The molecule has 0 unspecified atom stereocenters. The minimum atomic E-state index is -0.482. The number of rotatable bonds is 7. The monoisotopic (exact) mass is 487 g/mol. The smallest absolute Gasteiger partial charge is 0.277 e. The number of aromatic nitrogens is 4. The molecule has 1 N–H and O–H groups in total. The molecule has 0 fully saturated rings. The molecule has 0 aliphatic heterocycles. The molecule has 2 aromatic heterocycles. The molecule has 0 saturated carbocycles. The maximum absolute atomic E-state index is 13.9. The SMILES string of the molecule is Cc1cc(OCn2ccc(C(=O)Nc3nn(Cc4ccccc4F)cc3Cl)n2)cc(C)c1Cl. The lowest BCUT2D eigenvalue weighted by atomic mass is 10.1. The van der Waals surface area contributed by atoms with Crippen molar-refractivity contribution in [1.29, 1.82) is 0 Å². The highest BCUT2D eigenvalue weighted by Gasteiger charge is 2.15. The van der Waals surface area contributed by atoms with E-state index >= 15 is 0 Å². The molecule has 0 radical (unpaired) electrons. The van der Waals surface area contributed by atoms with Crippen molar-refractivity contribution in [2.45, 2.75) is 27.1 Å². The van der Waals surface area contributed by atoms with Crippen LogP contribution in [0.1, 0.15) is 27.2 Å². The maximum Gasteiger partial charge on any atom is 0.277 e. The Labute approximate surface area is 199 Å². The van der Waals surface area contributed by atoms with Gasteiger partial charge >= 0.3 is 0 Å². The van der Waals surface area contributed by atoms with Gasteiger partial charge < -0.3 is 10.1 Å². The van der Waals surface area contributed by atoms with Crippen LogP contribution in [0.3, 0.4) is 0 Å². The summed E-state index contributed by atoms with van der Waals surface area (Å²) >= 11 is 12.4. The number of nitrogens with one attached hydrogen (secondary N) is 1. The lowest BCUT2D eigenvalue weighted by Gasteiger charge is -2.10. The van der Waals surface area contributed by atoms with Crippen LogP contribution in [-0.2, 0) is 13.3 Å². The molecule has 0 bridgehead atoms. The highest BCUT2D eigenvalue weighted by molar-refractivity contribution is 6.33. The van der Waals surface area contributed by atoms with E-state index in [4.69, 9.17) is 27.9 Å². The minimum Gasteiger partial charge on any atom is -0.471 e. The summed E-state index contributed by atoms with van der Waals surface area (Å²) in [6, 6.07) is 11.6. The predicted octanol–water partition coefficient (Wildman–Crippen LogP) is 5.48. The molecule has 2 heterocycles. The molecule has 170 valence electrons. The second kappa shape index (κ2) is 9.64. The second-order valence-electron chi connectivity index (χ2n) is 7.45. The van der Waals surface area contributed by atoms with Gasteiger partial charge in [0, 0.05) is 23.0 Å². The number of carbonyl (C=O) groups excluding carboxylic acids is 1. The van der Waals surface area contributed by atoms with Gasteiger partial charge in [0.15, 0.2) is 18.2 Å². The minimum absolute atomic E-state index is 0.117. The number of anilines is 1. The number of carbonyl (C=O) groups is 1. The average molecular weight is 488 g/mol. The largest absolute Gasteiger partial charge is 0.471 e. The van der Waals surface area contributed by atoms with Gasteiger partial charge in [-0.25, -0.2) is 9.07 Å². The molecule has 10 heteroatoms. The molecule has 0 aliphatic rings. The molecule has 33 heavy (non-hydrogen) atoms. The normalized spacial score (nSPS) is 10.9. The first-order valence-corrected chi connectivity index (χ1v) is 10.8. The molecule has 4 aromatic rings. The highest BCUT2D eigenvalue weighted by Crippen LogP contribution is 2.26. The summed E-state index contributed by atoms with van der Waals surface area (Å²) < 4.78 is 22.6. The first-order valence-electron chi connectivity index (χ1n) is 10.0. The van der Waals surface area contributed by atoms with Crippen molar-refractivity contribution in [2.24, 2.45) is 0 Å². The molecule has 7 nitrogen and oxygen atoms in total. The van der Waals surface area contributed by atoms with Gasteiger partial charge in [-0.15, -0.1) is 0 Å². The second-order valence-corrected chi connectivity index (χ2v) is 8.24. The number of amides is 1. The van der Waals surface area contributed by atoms with Crippen LogP contribution >= 0.6 is 23.2 Å². The summed E-state index contributed by atoms with van der Waals surface area (Å²) in [5.74, 6) is -0.00430. The number of halogens is 3. The van der Waals surface area contributed by atoms with Gasteiger partial charge in [0.1, 0.15) is 16.6 Å². The van der Waals surface area contributed by atoms with Gasteiger partial charge in [-0.3, -0.25) is 9.48 Å². The summed E-state index contributed by atoms with van der Waals surface area (Å²) in [5.41, 5.74) is 2.46. The quantitative estimate of drug-likeness (QED) is 0.374. The van der Waals surface area contributed by atoms with Gasteiger partial charge in [-0.05, 0) is 49.2 Å². The number of nitrogens with zero attached hydrogens (tertiary/aromatic N) is 4. The van der Waals surface area contributed by atoms with Crippen LogP contribution in [0.15, 0.2) is 54.9 Å². The van der Waals surface area contributed by atoms with E-state index < -0.39 is 5.91 Å². The van der Waals surface area contributed by atoms with E-state index in [1.807, 2.05) is 26.0 Å². The lowest BCUT2D eigenvalue weighted by molar-refractivity contribution is 0.101. The zero-order valence-electron chi connectivity index (χ0n) is 17.8. The van der Waals surface area contributed by atoms with Crippen LogP contribution < -0.4 is 10.1 Å². The van der Waals surface area contributed by atoms with E-state index in [9.17, 15) is 9.18 Å². The summed E-state index contributed by atoms with van der Waals surface area (Å²) in [4.78, 5) is 12.6. The Bertz CT molecular complexity index is 1290. The summed E-state index contributed by atoms with van der Waals surface area (Å²) in [5, 5.41) is 12.0. The average Bonchev–Trinajstić information content (AvgIpc) is 3.39. The van der Waals surface area contributed by atoms with Crippen LogP contribution in [0.2, 0.25) is 10.0 Å². The number of benzene rings is 2. The molecule has 4 rings (SSSR count). The third-order valence-electron chi connectivity index (χ3n) is 4.89. The van der Waals surface area contributed by atoms with E-state index in [0.717, 1.165) is 11.1 Å². The Morgan fingerprint density at radius 1 is 1.09 bits per heavy atom. The Hall–Kier alpha value is -3.36. The van der Waals surface area contributed by atoms with E-state index in [-0.39, 0.29) is 35.6 Å². The fraction of sp³-hybridized carbons (Fsp3) is 0.174. The Morgan fingerprint density at radius 3 is 2.55 bits per heavy atom. The zero-order chi connectivity index (χ0) is 23.5. The van der Waals surface area contributed by atoms with Crippen molar-refractivity contribution >= 4 is 34.9 Å². The molecule has 0 spiro atoms. The summed E-state index contributed by atoms with van der Waals surface area (Å²) in [7, 11) is 0. The van der Waals surface area contributed by atoms with Crippen molar-refractivity contribution in [3.63, 3.8) is 0 Å². The van der Waals surface area contributed by atoms with Crippen LogP contribution in [-0.4, -0.2) is 25.5 Å². The fourth-order valence-corrected chi connectivity index (χ4v) is 3.53. The topological polar surface area (TPSA) is 74.0 Å². The van der Waals surface area contributed by atoms with Gasteiger partial charge in [0.25, 0.3) is 5.91 Å². The molecular formula is C23H20Cl2FN5O2. The van der Waals surface area contributed by atoms with Gasteiger partial charge in [0.2, 0.25) is 0 Å². The number of ether oxygens (including phenoxy) is 1. The van der Waals surface area contributed by atoms with Crippen LogP contribution in [0.5, 0.6) is 5.75 Å². The molecule has 1 amide bonds. The predicted molar refractivity (Wildman–Crippen MR) is 124 cm³/mol. The van der Waals surface area contributed by atoms with Crippen molar-refractivity contribution in [1.82, 2.24) is 19.6 Å². The maximum atomic E-state index is 13.9. The lowest BCUT2D eigenvalue weighted by Crippen LogP contribution is -2.15. The fourth-order valence-electron chi connectivity index (χ4n) is 3.22. The van der Waals surface area contributed by atoms with E-state index in [2.05, 4.69) is 15.5 Å². The first kappa shape index (κ1) is 22.8. The van der Waals surface area contributed by atoms with Crippen molar-refractivity contribution in [3.05, 3.63) is 93.1 Å². The molecule has 0 atom stereocenters. The Morgan fingerprint density at radius 2 is 1.82 bits per heavy atom. The number of aryl methyl sites for hydroxylation is 2. The van der Waals surface area contributed by atoms with Crippen molar-refractivity contribution in [3.8, 4) is 5.75 Å². The summed E-state index contributed by atoms with van der Waals surface area (Å²) in [6.45, 7) is 4.10. The van der Waals surface area contributed by atoms with E-state index in [1.54, 1.807) is 30.5 Å². The molecular weight excluding hydrogens is 468 g/mol. The van der Waals surface area contributed by atoms with Gasteiger partial charge in [-0.1, -0.05) is 41.4 Å². The van der Waals surface area contributed by atoms with Crippen molar-refractivity contribution in [2.75, 3.05) is 5.32 Å². The van der Waals surface area contributed by atoms with Crippen LogP contribution in [0.4, 0.5) is 10.2 Å². The summed E-state index contributed by atoms with van der Waals surface area (Å²) in [6.07, 6.45) is 3.15. The van der Waals surface area contributed by atoms with Crippen LogP contribution in [0, 0.1) is 19.7 Å². The molecule has 2 aromatic carbocycles. The molecule has 0 saturated heterocycles.